The quantitative estimate of drug-likeness (QED) is 0.867. The highest BCUT2D eigenvalue weighted by atomic mass is 19.4. The first-order valence-corrected chi connectivity index (χ1v) is 4.58. The Balaban J connectivity index is 2.83. The lowest BCUT2D eigenvalue weighted by Crippen LogP contribution is -2.44. The van der Waals surface area contributed by atoms with Crippen molar-refractivity contribution in [2.24, 2.45) is 0 Å². The van der Waals surface area contributed by atoms with E-state index in [9.17, 15) is 31.1 Å². The van der Waals surface area contributed by atoms with Crippen LogP contribution in [0.1, 0.15) is 16.1 Å². The van der Waals surface area contributed by atoms with Crippen LogP contribution in [0.3, 0.4) is 0 Å². The molecule has 1 aromatic rings. The van der Waals surface area contributed by atoms with Crippen LogP contribution < -0.4 is 0 Å². The second-order valence-electron chi connectivity index (χ2n) is 3.35. The summed E-state index contributed by atoms with van der Waals surface area (Å²) in [7, 11) is 0. The van der Waals surface area contributed by atoms with E-state index in [2.05, 4.69) is 9.15 Å². The van der Waals surface area contributed by atoms with E-state index in [1.165, 1.54) is 0 Å². The Morgan fingerprint density at radius 2 is 1.79 bits per heavy atom. The summed E-state index contributed by atoms with van der Waals surface area (Å²) < 4.78 is 80.8. The van der Waals surface area contributed by atoms with Crippen LogP contribution in [0.25, 0.3) is 0 Å². The fraction of sp³-hybridized carbons (Fsp3) is 0.444. The molecule has 10 heteroatoms. The third-order valence-corrected chi connectivity index (χ3v) is 1.94. The van der Waals surface area contributed by atoms with Gasteiger partial charge in [0.15, 0.2) is 0 Å². The number of aromatic carboxylic acids is 1. The predicted octanol–water partition coefficient (Wildman–Crippen LogP) is 2.99. The maximum absolute atomic E-state index is 12.1. The number of furan rings is 1. The molecule has 0 aliphatic rings. The van der Waals surface area contributed by atoms with E-state index in [0.717, 1.165) is 12.3 Å². The fourth-order valence-corrected chi connectivity index (χ4v) is 1.18. The Morgan fingerprint density at radius 3 is 2.21 bits per heavy atom. The molecular weight excluding hydrogens is 286 g/mol. The van der Waals surface area contributed by atoms with E-state index < -0.39 is 42.4 Å². The van der Waals surface area contributed by atoms with Gasteiger partial charge in [0, 0.05) is 5.56 Å². The Kier molecular flexibility index (Phi) is 4.13. The maximum Gasteiger partial charge on any atom is 0.423 e. The Bertz CT molecular complexity index is 432. The molecule has 0 amide bonds. The topological polar surface area (TPSA) is 59.7 Å². The first-order valence-electron chi connectivity index (χ1n) is 4.58. The van der Waals surface area contributed by atoms with Crippen molar-refractivity contribution < 1.29 is 45.4 Å². The summed E-state index contributed by atoms with van der Waals surface area (Å²) in [6, 6.07) is 0.910. The maximum atomic E-state index is 12.1. The van der Waals surface area contributed by atoms with Crippen LogP contribution in [0, 0.1) is 0 Å². The molecular formula is C9H6F6O4. The largest absolute Gasteiger partial charge is 0.475 e. The summed E-state index contributed by atoms with van der Waals surface area (Å²) in [5.41, 5.74) is -0.425. The lowest BCUT2D eigenvalue weighted by Gasteiger charge is -2.22. The minimum absolute atomic E-state index is 0.425. The van der Waals surface area contributed by atoms with E-state index in [4.69, 9.17) is 5.11 Å². The van der Waals surface area contributed by atoms with Gasteiger partial charge in [-0.15, -0.1) is 0 Å². The number of carboxylic acid groups (broad SMARTS) is 1. The van der Waals surface area contributed by atoms with Crippen LogP contribution in [0.4, 0.5) is 26.3 Å². The molecule has 0 aromatic carbocycles. The SMILES string of the molecule is O=C(O)c1occc1COC(C(F)(F)F)C(F)(F)F. The van der Waals surface area contributed by atoms with Gasteiger partial charge in [0.1, 0.15) is 0 Å². The lowest BCUT2D eigenvalue weighted by molar-refractivity contribution is -0.324. The van der Waals surface area contributed by atoms with Gasteiger partial charge in [0.25, 0.3) is 0 Å². The monoisotopic (exact) mass is 292 g/mol. The number of rotatable bonds is 4. The summed E-state index contributed by atoms with van der Waals surface area (Å²) in [6.45, 7) is -1.19. The standard InChI is InChI=1S/C9H6F6O4/c10-8(11,12)7(9(13,14)15)19-3-4-1-2-18-5(4)6(16)17/h1-2,7H,3H2,(H,16,17). The molecule has 1 rings (SSSR count). The van der Waals surface area contributed by atoms with Crippen molar-refractivity contribution in [2.45, 2.75) is 25.1 Å². The highest BCUT2D eigenvalue weighted by Crippen LogP contribution is 2.36. The average Bonchev–Trinajstić information content (AvgIpc) is 2.61. The summed E-state index contributed by atoms with van der Waals surface area (Å²) in [4.78, 5) is 10.5. The molecule has 0 bridgehead atoms. The summed E-state index contributed by atoms with van der Waals surface area (Å²) in [5.74, 6) is -2.40. The van der Waals surface area contributed by atoms with E-state index in [-0.39, 0.29) is 0 Å². The smallest absolute Gasteiger partial charge is 0.423 e. The third kappa shape index (κ3) is 3.88. The number of ether oxygens (including phenoxy) is 1. The molecule has 108 valence electrons. The molecule has 1 N–H and O–H groups in total. The lowest BCUT2D eigenvalue weighted by atomic mass is 10.2. The molecule has 0 saturated heterocycles. The molecule has 0 fully saturated rings. The van der Waals surface area contributed by atoms with Gasteiger partial charge in [-0.2, -0.15) is 26.3 Å². The second-order valence-corrected chi connectivity index (χ2v) is 3.35. The molecule has 19 heavy (non-hydrogen) atoms. The van der Waals surface area contributed by atoms with Crippen LogP contribution in [-0.4, -0.2) is 29.5 Å². The molecule has 0 radical (unpaired) electrons. The molecule has 0 atom stereocenters. The first-order chi connectivity index (χ1) is 8.53. The van der Waals surface area contributed by atoms with Gasteiger partial charge >= 0.3 is 18.3 Å². The minimum Gasteiger partial charge on any atom is -0.475 e. The molecule has 0 unspecified atom stereocenters. The van der Waals surface area contributed by atoms with Crippen LogP contribution in [-0.2, 0) is 11.3 Å². The normalized spacial score (nSPS) is 13.0. The van der Waals surface area contributed by atoms with Crippen LogP contribution in [0.2, 0.25) is 0 Å². The van der Waals surface area contributed by atoms with Crippen LogP contribution >= 0.6 is 0 Å². The molecule has 0 aliphatic heterocycles. The Morgan fingerprint density at radius 1 is 1.26 bits per heavy atom. The number of carbonyl (C=O) groups is 1. The van der Waals surface area contributed by atoms with Crippen molar-refractivity contribution >= 4 is 5.97 Å². The van der Waals surface area contributed by atoms with Crippen LogP contribution in [0.15, 0.2) is 16.7 Å². The van der Waals surface area contributed by atoms with Gasteiger partial charge in [-0.05, 0) is 6.07 Å². The number of alkyl halides is 6. The van der Waals surface area contributed by atoms with Crippen molar-refractivity contribution in [1.29, 1.82) is 0 Å². The van der Waals surface area contributed by atoms with Crippen molar-refractivity contribution in [2.75, 3.05) is 0 Å². The Hall–Kier alpha value is -1.71. The van der Waals surface area contributed by atoms with Crippen molar-refractivity contribution in [3.63, 3.8) is 0 Å². The zero-order chi connectivity index (χ0) is 14.8. The highest BCUT2D eigenvalue weighted by Gasteiger charge is 2.58. The molecule has 4 nitrogen and oxygen atoms in total. The van der Waals surface area contributed by atoms with E-state index in [1.54, 1.807) is 0 Å². The number of hydrogen-bond acceptors (Lipinski definition) is 3. The molecule has 1 aromatic heterocycles. The van der Waals surface area contributed by atoms with E-state index in [1.807, 2.05) is 0 Å². The number of halogens is 6. The van der Waals surface area contributed by atoms with Gasteiger partial charge in [0.05, 0.1) is 12.9 Å². The first kappa shape index (κ1) is 15.3. The minimum atomic E-state index is -5.65. The van der Waals surface area contributed by atoms with Gasteiger partial charge in [-0.25, -0.2) is 4.79 Å². The summed E-state index contributed by atoms with van der Waals surface area (Å²) >= 11 is 0. The Labute approximate surface area is 101 Å². The fourth-order valence-electron chi connectivity index (χ4n) is 1.18. The average molecular weight is 292 g/mol. The van der Waals surface area contributed by atoms with Crippen molar-refractivity contribution in [1.82, 2.24) is 0 Å². The zero-order valence-corrected chi connectivity index (χ0v) is 8.88. The van der Waals surface area contributed by atoms with E-state index >= 15 is 0 Å². The van der Waals surface area contributed by atoms with Gasteiger partial charge in [0.2, 0.25) is 11.9 Å². The van der Waals surface area contributed by atoms with Crippen molar-refractivity contribution in [3.05, 3.63) is 23.7 Å². The summed E-state index contributed by atoms with van der Waals surface area (Å²) in [5, 5.41) is 8.55. The van der Waals surface area contributed by atoms with Crippen molar-refractivity contribution in [3.8, 4) is 0 Å². The molecule has 0 saturated carbocycles. The number of carboxylic acids is 1. The van der Waals surface area contributed by atoms with Crippen LogP contribution in [0.5, 0.6) is 0 Å². The highest BCUT2D eigenvalue weighted by molar-refractivity contribution is 5.85. The molecule has 1 heterocycles. The molecule has 0 aliphatic carbocycles. The number of hydrogen-bond donors (Lipinski definition) is 1. The van der Waals surface area contributed by atoms with Gasteiger partial charge < -0.3 is 14.3 Å². The molecule has 0 spiro atoms. The van der Waals surface area contributed by atoms with Gasteiger partial charge in [-0.3, -0.25) is 0 Å². The predicted molar refractivity (Wildman–Crippen MR) is 46.4 cm³/mol. The van der Waals surface area contributed by atoms with E-state index in [0.29, 0.717) is 0 Å². The summed E-state index contributed by atoms with van der Waals surface area (Å²) in [6.07, 6.45) is -14.5. The third-order valence-electron chi connectivity index (χ3n) is 1.94. The zero-order valence-electron chi connectivity index (χ0n) is 8.88. The van der Waals surface area contributed by atoms with Gasteiger partial charge in [-0.1, -0.05) is 0 Å². The second kappa shape index (κ2) is 5.11.